The Morgan fingerprint density at radius 1 is 0.960 bits per heavy atom. The van der Waals surface area contributed by atoms with Gasteiger partial charge in [0.05, 0.1) is 6.42 Å². The molecule has 2 amide bonds. The van der Waals surface area contributed by atoms with E-state index in [9.17, 15) is 9.59 Å². The zero-order chi connectivity index (χ0) is 18.4. The third-order valence-electron chi connectivity index (χ3n) is 3.26. The summed E-state index contributed by atoms with van der Waals surface area (Å²) in [5.41, 5.74) is 2.83. The molecule has 0 fully saturated rings. The van der Waals surface area contributed by atoms with E-state index in [2.05, 4.69) is 10.6 Å². The third-order valence-corrected chi connectivity index (χ3v) is 3.26. The van der Waals surface area contributed by atoms with Crippen molar-refractivity contribution in [3.8, 4) is 0 Å². The zero-order valence-electron chi connectivity index (χ0n) is 15.1. The van der Waals surface area contributed by atoms with E-state index in [0.29, 0.717) is 17.8 Å². The normalized spacial score (nSPS) is 10.9. The van der Waals surface area contributed by atoms with E-state index >= 15 is 0 Å². The first kappa shape index (κ1) is 18.5. The van der Waals surface area contributed by atoms with Crippen molar-refractivity contribution in [2.24, 2.45) is 0 Å². The summed E-state index contributed by atoms with van der Waals surface area (Å²) in [6.45, 7) is 7.41. The van der Waals surface area contributed by atoms with Gasteiger partial charge in [-0.25, -0.2) is 4.79 Å². The van der Waals surface area contributed by atoms with E-state index in [4.69, 9.17) is 4.74 Å². The Labute approximate surface area is 148 Å². The van der Waals surface area contributed by atoms with E-state index in [1.165, 1.54) is 0 Å². The molecule has 0 saturated heterocycles. The Balaban J connectivity index is 1.89. The second-order valence-corrected chi connectivity index (χ2v) is 6.92. The Morgan fingerprint density at radius 2 is 1.56 bits per heavy atom. The van der Waals surface area contributed by atoms with Crippen molar-refractivity contribution in [1.82, 2.24) is 0 Å². The van der Waals surface area contributed by atoms with Crippen molar-refractivity contribution in [1.29, 1.82) is 0 Å². The molecule has 0 aromatic heterocycles. The summed E-state index contributed by atoms with van der Waals surface area (Å²) < 4.78 is 5.19. The van der Waals surface area contributed by atoms with Crippen LogP contribution in [0, 0.1) is 6.92 Å². The van der Waals surface area contributed by atoms with Crippen LogP contribution < -0.4 is 10.6 Å². The van der Waals surface area contributed by atoms with Crippen LogP contribution in [0.2, 0.25) is 0 Å². The molecule has 0 heterocycles. The largest absolute Gasteiger partial charge is 0.444 e. The van der Waals surface area contributed by atoms with Gasteiger partial charge in [0.2, 0.25) is 5.91 Å². The Kier molecular flexibility index (Phi) is 5.80. The minimum absolute atomic E-state index is 0.0848. The Hall–Kier alpha value is -2.82. The number of hydrogen-bond donors (Lipinski definition) is 2. The number of ether oxygens (including phenoxy) is 1. The van der Waals surface area contributed by atoms with Crippen LogP contribution in [0.1, 0.15) is 31.9 Å². The van der Waals surface area contributed by atoms with Gasteiger partial charge in [-0.05, 0) is 57.5 Å². The van der Waals surface area contributed by atoms with E-state index in [-0.39, 0.29) is 5.91 Å². The molecule has 2 rings (SSSR count). The maximum Gasteiger partial charge on any atom is 0.412 e. The second-order valence-electron chi connectivity index (χ2n) is 6.92. The van der Waals surface area contributed by atoms with Gasteiger partial charge < -0.3 is 10.1 Å². The summed E-state index contributed by atoms with van der Waals surface area (Å²) in [4.78, 5) is 23.8. The monoisotopic (exact) mass is 340 g/mol. The molecule has 0 atom stereocenters. The smallest absolute Gasteiger partial charge is 0.412 e. The van der Waals surface area contributed by atoms with Gasteiger partial charge in [0, 0.05) is 11.4 Å². The van der Waals surface area contributed by atoms with Crippen molar-refractivity contribution in [2.75, 3.05) is 10.6 Å². The lowest BCUT2D eigenvalue weighted by Crippen LogP contribution is -2.27. The van der Waals surface area contributed by atoms with Crippen LogP contribution >= 0.6 is 0 Å². The molecule has 0 radical (unpaired) electrons. The molecular formula is C20H24N2O3. The highest BCUT2D eigenvalue weighted by molar-refractivity contribution is 5.93. The van der Waals surface area contributed by atoms with Crippen LogP contribution in [0.5, 0.6) is 0 Å². The van der Waals surface area contributed by atoms with Gasteiger partial charge >= 0.3 is 6.09 Å². The maximum absolute atomic E-state index is 12.1. The highest BCUT2D eigenvalue weighted by Gasteiger charge is 2.16. The molecule has 2 aromatic carbocycles. The molecule has 2 N–H and O–H groups in total. The van der Waals surface area contributed by atoms with E-state index in [0.717, 1.165) is 11.1 Å². The first-order valence-corrected chi connectivity index (χ1v) is 8.17. The van der Waals surface area contributed by atoms with Crippen molar-refractivity contribution in [2.45, 2.75) is 39.7 Å². The molecule has 0 bridgehead atoms. The number of amides is 2. The number of carbonyl (C=O) groups is 2. The SMILES string of the molecule is Cc1cccc(CC(=O)Nc2ccc(NC(=O)OC(C)(C)C)cc2)c1. The van der Waals surface area contributed by atoms with Crippen LogP contribution in [0.4, 0.5) is 16.2 Å². The summed E-state index contributed by atoms with van der Waals surface area (Å²) in [5.74, 6) is -0.0848. The number of rotatable bonds is 4. The minimum Gasteiger partial charge on any atom is -0.444 e. The molecule has 25 heavy (non-hydrogen) atoms. The van der Waals surface area contributed by atoms with E-state index < -0.39 is 11.7 Å². The summed E-state index contributed by atoms with van der Waals surface area (Å²) in [6.07, 6.45) is -0.191. The number of benzene rings is 2. The van der Waals surface area contributed by atoms with Gasteiger partial charge in [0.15, 0.2) is 0 Å². The average Bonchev–Trinajstić information content (AvgIpc) is 2.47. The topological polar surface area (TPSA) is 67.4 Å². The van der Waals surface area contributed by atoms with Gasteiger partial charge in [-0.3, -0.25) is 10.1 Å². The first-order valence-electron chi connectivity index (χ1n) is 8.17. The number of anilines is 2. The van der Waals surface area contributed by atoms with Gasteiger partial charge in [-0.15, -0.1) is 0 Å². The fourth-order valence-corrected chi connectivity index (χ4v) is 2.27. The highest BCUT2D eigenvalue weighted by Crippen LogP contribution is 2.16. The minimum atomic E-state index is -0.548. The molecule has 5 heteroatoms. The average molecular weight is 340 g/mol. The predicted octanol–water partition coefficient (Wildman–Crippen LogP) is 4.52. The molecule has 0 aliphatic rings. The molecule has 5 nitrogen and oxygen atoms in total. The van der Waals surface area contributed by atoms with Crippen molar-refractivity contribution < 1.29 is 14.3 Å². The molecule has 0 aliphatic heterocycles. The molecule has 132 valence electrons. The summed E-state index contributed by atoms with van der Waals surface area (Å²) >= 11 is 0. The Bertz CT molecular complexity index is 746. The van der Waals surface area contributed by atoms with Crippen LogP contribution in [0.15, 0.2) is 48.5 Å². The van der Waals surface area contributed by atoms with Crippen molar-refractivity contribution in [3.05, 3.63) is 59.7 Å². The van der Waals surface area contributed by atoms with Crippen LogP contribution in [0.3, 0.4) is 0 Å². The fraction of sp³-hybridized carbons (Fsp3) is 0.300. The van der Waals surface area contributed by atoms with Crippen LogP contribution in [-0.4, -0.2) is 17.6 Å². The van der Waals surface area contributed by atoms with E-state index in [1.807, 2.05) is 31.2 Å². The number of carbonyl (C=O) groups excluding carboxylic acids is 2. The maximum atomic E-state index is 12.1. The van der Waals surface area contributed by atoms with Crippen molar-refractivity contribution >= 4 is 23.4 Å². The van der Waals surface area contributed by atoms with Gasteiger partial charge in [0.25, 0.3) is 0 Å². The quantitative estimate of drug-likeness (QED) is 0.859. The summed E-state index contributed by atoms with van der Waals surface area (Å²) in [5, 5.41) is 5.50. The summed E-state index contributed by atoms with van der Waals surface area (Å²) in [6, 6.07) is 14.8. The lowest BCUT2D eigenvalue weighted by Gasteiger charge is -2.19. The lowest BCUT2D eigenvalue weighted by atomic mass is 10.1. The second kappa shape index (κ2) is 7.83. The predicted molar refractivity (Wildman–Crippen MR) is 99.8 cm³/mol. The Morgan fingerprint density at radius 3 is 2.12 bits per heavy atom. The van der Waals surface area contributed by atoms with Gasteiger partial charge in [0.1, 0.15) is 5.60 Å². The van der Waals surface area contributed by atoms with Crippen LogP contribution in [-0.2, 0) is 16.0 Å². The van der Waals surface area contributed by atoms with Crippen molar-refractivity contribution in [3.63, 3.8) is 0 Å². The molecular weight excluding hydrogens is 316 g/mol. The first-order chi connectivity index (χ1) is 11.7. The molecule has 0 saturated carbocycles. The summed E-state index contributed by atoms with van der Waals surface area (Å²) in [7, 11) is 0. The standard InChI is InChI=1S/C20H24N2O3/c1-14-6-5-7-15(12-14)13-18(23)21-16-8-10-17(11-9-16)22-19(24)25-20(2,3)4/h5-12H,13H2,1-4H3,(H,21,23)(H,22,24). The number of nitrogens with one attached hydrogen (secondary N) is 2. The molecule has 0 aliphatic carbocycles. The highest BCUT2D eigenvalue weighted by atomic mass is 16.6. The molecule has 0 spiro atoms. The van der Waals surface area contributed by atoms with E-state index in [1.54, 1.807) is 45.0 Å². The third kappa shape index (κ3) is 6.67. The fourth-order valence-electron chi connectivity index (χ4n) is 2.27. The zero-order valence-corrected chi connectivity index (χ0v) is 15.1. The lowest BCUT2D eigenvalue weighted by molar-refractivity contribution is -0.115. The number of hydrogen-bond acceptors (Lipinski definition) is 3. The molecule has 2 aromatic rings. The van der Waals surface area contributed by atoms with Gasteiger partial charge in [-0.2, -0.15) is 0 Å². The molecule has 0 unspecified atom stereocenters. The van der Waals surface area contributed by atoms with Crippen LogP contribution in [0.25, 0.3) is 0 Å². The number of aryl methyl sites for hydroxylation is 1. The van der Waals surface area contributed by atoms with Gasteiger partial charge in [-0.1, -0.05) is 29.8 Å².